The summed E-state index contributed by atoms with van der Waals surface area (Å²) in [4.78, 5) is 11.8. The summed E-state index contributed by atoms with van der Waals surface area (Å²) in [7, 11) is 0. The lowest BCUT2D eigenvalue weighted by atomic mass is 9.95. The number of alkyl halides is 7. The van der Waals surface area contributed by atoms with E-state index in [1.54, 1.807) is 0 Å². The molecule has 1 amide bonds. The van der Waals surface area contributed by atoms with Crippen LogP contribution in [-0.4, -0.2) is 11.8 Å². The molecule has 1 aromatic rings. The lowest BCUT2D eigenvalue weighted by Crippen LogP contribution is -2.37. The standard InChI is InChI=1S/C14H14ClF6NO/c1-12(2,7-15)11(23)22-6-8-3-9(13(16,17)18)5-10(4-8)14(19,20)21/h3-5H,6-7H2,1-2H3,(H,22,23). The first kappa shape index (κ1) is 19.6. The minimum atomic E-state index is -4.92. The molecule has 130 valence electrons. The fourth-order valence-electron chi connectivity index (χ4n) is 1.60. The van der Waals surface area contributed by atoms with Crippen LogP contribution in [0, 0.1) is 5.41 Å². The van der Waals surface area contributed by atoms with Crippen LogP contribution in [0.25, 0.3) is 0 Å². The second-order valence-corrected chi connectivity index (χ2v) is 5.88. The van der Waals surface area contributed by atoms with Crippen LogP contribution in [0.3, 0.4) is 0 Å². The monoisotopic (exact) mass is 361 g/mol. The molecule has 0 heterocycles. The van der Waals surface area contributed by atoms with Gasteiger partial charge in [-0.15, -0.1) is 11.6 Å². The van der Waals surface area contributed by atoms with Crippen molar-refractivity contribution < 1.29 is 31.1 Å². The number of rotatable bonds is 4. The molecule has 0 bridgehead atoms. The van der Waals surface area contributed by atoms with Crippen molar-refractivity contribution in [2.45, 2.75) is 32.7 Å². The highest BCUT2D eigenvalue weighted by Crippen LogP contribution is 2.36. The lowest BCUT2D eigenvalue weighted by Gasteiger charge is -2.21. The van der Waals surface area contributed by atoms with Crippen LogP contribution in [0.5, 0.6) is 0 Å². The number of nitrogens with one attached hydrogen (secondary N) is 1. The van der Waals surface area contributed by atoms with Crippen molar-refractivity contribution in [2.24, 2.45) is 5.41 Å². The zero-order valence-corrected chi connectivity index (χ0v) is 13.0. The van der Waals surface area contributed by atoms with Crippen LogP contribution in [0.2, 0.25) is 0 Å². The van der Waals surface area contributed by atoms with Crippen molar-refractivity contribution in [2.75, 3.05) is 5.88 Å². The molecule has 0 aliphatic heterocycles. The molecule has 0 saturated heterocycles. The Hall–Kier alpha value is -1.44. The lowest BCUT2D eigenvalue weighted by molar-refractivity contribution is -0.143. The van der Waals surface area contributed by atoms with Gasteiger partial charge in [0.15, 0.2) is 0 Å². The predicted molar refractivity (Wildman–Crippen MR) is 72.8 cm³/mol. The number of hydrogen-bond acceptors (Lipinski definition) is 1. The summed E-state index contributed by atoms with van der Waals surface area (Å²) in [6.07, 6.45) is -9.84. The smallest absolute Gasteiger partial charge is 0.352 e. The molecular weight excluding hydrogens is 348 g/mol. The maximum absolute atomic E-state index is 12.7. The van der Waals surface area contributed by atoms with Crippen LogP contribution in [0.1, 0.15) is 30.5 Å². The molecule has 9 heteroatoms. The van der Waals surface area contributed by atoms with Crippen LogP contribution < -0.4 is 5.32 Å². The van der Waals surface area contributed by atoms with Gasteiger partial charge in [-0.05, 0) is 37.6 Å². The van der Waals surface area contributed by atoms with E-state index in [0.717, 1.165) is 0 Å². The molecule has 2 nitrogen and oxygen atoms in total. The van der Waals surface area contributed by atoms with E-state index < -0.39 is 41.3 Å². The SMILES string of the molecule is CC(C)(CCl)C(=O)NCc1cc(C(F)(F)F)cc(C(F)(F)F)c1. The highest BCUT2D eigenvalue weighted by Gasteiger charge is 2.37. The normalized spacial score (nSPS) is 13.1. The third kappa shape index (κ3) is 5.30. The molecule has 23 heavy (non-hydrogen) atoms. The number of hydrogen-bond donors (Lipinski definition) is 1. The Bertz CT molecular complexity index is 547. The van der Waals surface area contributed by atoms with Crippen molar-refractivity contribution in [1.29, 1.82) is 0 Å². The van der Waals surface area contributed by atoms with E-state index in [1.165, 1.54) is 13.8 Å². The highest BCUT2D eigenvalue weighted by atomic mass is 35.5. The Morgan fingerprint density at radius 3 is 1.78 bits per heavy atom. The van der Waals surface area contributed by atoms with Crippen molar-refractivity contribution in [3.63, 3.8) is 0 Å². The Balaban J connectivity index is 3.10. The zero-order valence-electron chi connectivity index (χ0n) is 12.2. The van der Waals surface area contributed by atoms with Gasteiger partial charge in [0.05, 0.1) is 16.5 Å². The molecular formula is C14H14ClF6NO. The summed E-state index contributed by atoms with van der Waals surface area (Å²) in [5.41, 5.74) is -4.14. The average molecular weight is 362 g/mol. The van der Waals surface area contributed by atoms with Gasteiger partial charge < -0.3 is 5.32 Å². The van der Waals surface area contributed by atoms with Crippen molar-refractivity contribution in [3.05, 3.63) is 34.9 Å². The van der Waals surface area contributed by atoms with Crippen molar-refractivity contribution in [1.82, 2.24) is 5.32 Å². The van der Waals surface area contributed by atoms with E-state index in [0.29, 0.717) is 12.1 Å². The van der Waals surface area contributed by atoms with Gasteiger partial charge in [-0.2, -0.15) is 26.3 Å². The summed E-state index contributed by atoms with van der Waals surface area (Å²) >= 11 is 5.58. The molecule has 0 unspecified atom stereocenters. The van der Waals surface area contributed by atoms with Gasteiger partial charge in [0.2, 0.25) is 5.91 Å². The van der Waals surface area contributed by atoms with E-state index in [1.807, 2.05) is 0 Å². The van der Waals surface area contributed by atoms with E-state index >= 15 is 0 Å². The van der Waals surface area contributed by atoms with Gasteiger partial charge in [0.1, 0.15) is 0 Å². The van der Waals surface area contributed by atoms with Crippen LogP contribution >= 0.6 is 11.6 Å². The van der Waals surface area contributed by atoms with Crippen molar-refractivity contribution in [3.8, 4) is 0 Å². The Kier molecular flexibility index (Phi) is 5.61. The Morgan fingerprint density at radius 2 is 1.43 bits per heavy atom. The number of benzene rings is 1. The average Bonchev–Trinajstić information content (AvgIpc) is 2.42. The second kappa shape index (κ2) is 6.59. The molecule has 1 N–H and O–H groups in total. The van der Waals surface area contributed by atoms with E-state index in [2.05, 4.69) is 5.32 Å². The third-order valence-corrected chi connectivity index (χ3v) is 3.72. The third-order valence-electron chi connectivity index (χ3n) is 3.05. The second-order valence-electron chi connectivity index (χ2n) is 5.61. The van der Waals surface area contributed by atoms with Crippen molar-refractivity contribution >= 4 is 17.5 Å². The van der Waals surface area contributed by atoms with E-state index in [-0.39, 0.29) is 17.5 Å². The molecule has 1 rings (SSSR count). The number of carbonyl (C=O) groups excluding carboxylic acids is 1. The van der Waals surface area contributed by atoms with Gasteiger partial charge in [-0.1, -0.05) is 0 Å². The van der Waals surface area contributed by atoms with Gasteiger partial charge in [-0.3, -0.25) is 4.79 Å². The Morgan fingerprint density at radius 1 is 1.00 bits per heavy atom. The first-order valence-electron chi connectivity index (χ1n) is 6.40. The van der Waals surface area contributed by atoms with Gasteiger partial charge in [0, 0.05) is 12.4 Å². The number of carbonyl (C=O) groups is 1. The minimum Gasteiger partial charge on any atom is -0.352 e. The molecule has 0 aliphatic carbocycles. The molecule has 0 saturated carbocycles. The maximum atomic E-state index is 12.7. The topological polar surface area (TPSA) is 29.1 Å². The van der Waals surface area contributed by atoms with Crippen LogP contribution in [0.4, 0.5) is 26.3 Å². The quantitative estimate of drug-likeness (QED) is 0.616. The van der Waals surface area contributed by atoms with E-state index in [4.69, 9.17) is 11.6 Å². The Labute approximate surface area is 133 Å². The summed E-state index contributed by atoms with van der Waals surface area (Å²) in [5.74, 6) is -0.617. The molecule has 1 aromatic carbocycles. The first-order valence-corrected chi connectivity index (χ1v) is 6.93. The van der Waals surface area contributed by atoms with Gasteiger partial charge in [-0.25, -0.2) is 0 Å². The molecule has 0 fully saturated rings. The molecule has 0 aromatic heterocycles. The fourth-order valence-corrected chi connectivity index (χ4v) is 1.73. The number of amides is 1. The number of halogens is 7. The zero-order chi connectivity index (χ0) is 18.1. The summed E-state index contributed by atoms with van der Waals surface area (Å²) in [6.45, 7) is 2.54. The summed E-state index contributed by atoms with van der Waals surface area (Å²) in [6, 6.07) is 1.18. The molecule has 0 aliphatic rings. The predicted octanol–water partition coefficient (Wildman–Crippen LogP) is 4.61. The molecule has 0 radical (unpaired) electrons. The first-order chi connectivity index (χ1) is 10.3. The van der Waals surface area contributed by atoms with Gasteiger partial charge in [0.25, 0.3) is 0 Å². The molecule has 0 atom stereocenters. The largest absolute Gasteiger partial charge is 0.416 e. The van der Waals surface area contributed by atoms with Crippen LogP contribution in [0.15, 0.2) is 18.2 Å². The van der Waals surface area contributed by atoms with Crippen LogP contribution in [-0.2, 0) is 23.7 Å². The summed E-state index contributed by atoms with van der Waals surface area (Å²) < 4.78 is 76.2. The molecule has 0 spiro atoms. The summed E-state index contributed by atoms with van der Waals surface area (Å²) in [5, 5.41) is 2.29. The van der Waals surface area contributed by atoms with Gasteiger partial charge >= 0.3 is 12.4 Å². The minimum absolute atomic E-state index is 0.0357. The highest BCUT2D eigenvalue weighted by molar-refractivity contribution is 6.19. The maximum Gasteiger partial charge on any atom is 0.416 e. The fraction of sp³-hybridized carbons (Fsp3) is 0.500. The van der Waals surface area contributed by atoms with E-state index in [9.17, 15) is 31.1 Å².